The molecule has 0 bridgehead atoms. The van der Waals surface area contributed by atoms with Gasteiger partial charge in [-0.3, -0.25) is 9.69 Å². The van der Waals surface area contributed by atoms with E-state index in [9.17, 15) is 4.79 Å². The van der Waals surface area contributed by atoms with Gasteiger partial charge in [0.2, 0.25) is 11.2 Å². The minimum Gasteiger partial charge on any atom is -0.368 e. The van der Waals surface area contributed by atoms with Gasteiger partial charge in [0, 0.05) is 44.6 Å². The van der Waals surface area contributed by atoms with Crippen LogP contribution in [0.25, 0.3) is 11.0 Å². The highest BCUT2D eigenvalue weighted by Crippen LogP contribution is 2.50. The lowest BCUT2D eigenvalue weighted by Crippen LogP contribution is -2.66. The van der Waals surface area contributed by atoms with Crippen LogP contribution in [0.15, 0.2) is 36.5 Å². The summed E-state index contributed by atoms with van der Waals surface area (Å²) in [4.78, 5) is 31.8. The van der Waals surface area contributed by atoms with Crippen LogP contribution in [0.3, 0.4) is 0 Å². The fourth-order valence-electron chi connectivity index (χ4n) is 6.82. The Morgan fingerprint density at radius 2 is 1.77 bits per heavy atom. The fraction of sp³-hybridized carbons (Fsp3) is 0.552. The summed E-state index contributed by atoms with van der Waals surface area (Å²) >= 11 is 6.20. The Balaban J connectivity index is 1.01. The molecule has 2 spiro atoms. The van der Waals surface area contributed by atoms with Gasteiger partial charge in [-0.15, -0.1) is 0 Å². The molecule has 10 heteroatoms. The number of carbonyl (C=O) groups excluding carboxylic acids is 1. The Labute approximate surface area is 233 Å². The summed E-state index contributed by atoms with van der Waals surface area (Å²) < 4.78 is 5.93. The smallest absolute Gasteiger partial charge is 0.240 e. The van der Waals surface area contributed by atoms with E-state index < -0.39 is 0 Å². The molecule has 4 fully saturated rings. The number of rotatable bonds is 4. The normalized spacial score (nSPS) is 26.4. The number of piperidine rings is 2. The van der Waals surface area contributed by atoms with E-state index in [-0.39, 0.29) is 27.7 Å². The van der Waals surface area contributed by atoms with Crippen molar-refractivity contribution in [2.45, 2.75) is 50.8 Å². The van der Waals surface area contributed by atoms with Gasteiger partial charge in [-0.25, -0.2) is 0 Å². The molecule has 1 atom stereocenters. The third kappa shape index (κ3) is 4.54. The van der Waals surface area contributed by atoms with Crippen LogP contribution in [-0.2, 0) is 16.1 Å². The Kier molecular flexibility index (Phi) is 5.84. The van der Waals surface area contributed by atoms with Crippen LogP contribution in [0.1, 0.15) is 38.7 Å². The number of amides is 1. The second-order valence-electron chi connectivity index (χ2n) is 12.5. The standard InChI is InChI=1S/C29H36ClN7O2/c1-27(2)8-12-35(18-29(27)19-39-29)15-20-3-5-21(6-4-20)37-16-23(38)34-28(17-37)9-13-36(14-10-28)25-22-7-11-31-24(22)32-26(30)33-25/h3-7,11H,8-10,12-19H2,1-2H3,(H,34,38)(H,31,32,33). The third-order valence-corrected chi connectivity index (χ3v) is 9.76. The summed E-state index contributed by atoms with van der Waals surface area (Å²) in [6, 6.07) is 10.8. The van der Waals surface area contributed by atoms with Crippen molar-refractivity contribution >= 4 is 40.0 Å². The first-order valence-corrected chi connectivity index (χ1v) is 14.4. The van der Waals surface area contributed by atoms with Crippen LogP contribution >= 0.6 is 11.6 Å². The van der Waals surface area contributed by atoms with Crippen LogP contribution in [0.2, 0.25) is 5.28 Å². The SMILES string of the molecule is CC1(C)CCN(Cc2ccc(N3CC(=O)NC4(CCN(c5nc(Cl)nc6[nH]ccc56)CC4)C3)cc2)CC12CO2. The summed E-state index contributed by atoms with van der Waals surface area (Å²) in [5.74, 6) is 0.940. The van der Waals surface area contributed by atoms with Crippen LogP contribution in [0.4, 0.5) is 11.5 Å². The van der Waals surface area contributed by atoms with E-state index in [2.05, 4.69) is 73.1 Å². The van der Waals surface area contributed by atoms with Crippen LogP contribution < -0.4 is 15.1 Å². The lowest BCUT2D eigenvalue weighted by atomic mass is 9.73. The van der Waals surface area contributed by atoms with Crippen molar-refractivity contribution in [3.8, 4) is 0 Å². The summed E-state index contributed by atoms with van der Waals surface area (Å²) in [6.07, 6.45) is 4.71. The van der Waals surface area contributed by atoms with E-state index in [1.165, 1.54) is 5.56 Å². The molecule has 2 N–H and O–H groups in total. The number of aromatic nitrogens is 3. The number of epoxide rings is 1. The molecule has 2 aromatic heterocycles. The number of carbonyl (C=O) groups is 1. The van der Waals surface area contributed by atoms with Gasteiger partial charge in [0.05, 0.1) is 24.1 Å². The molecule has 0 radical (unpaired) electrons. The zero-order valence-corrected chi connectivity index (χ0v) is 23.4. The first-order valence-electron chi connectivity index (χ1n) is 14.0. The molecule has 4 saturated heterocycles. The molecule has 0 aliphatic carbocycles. The molecule has 0 saturated carbocycles. The Morgan fingerprint density at radius 1 is 1.00 bits per heavy atom. The lowest BCUT2D eigenvalue weighted by molar-refractivity contribution is -0.123. The number of benzene rings is 1. The largest absolute Gasteiger partial charge is 0.368 e. The van der Waals surface area contributed by atoms with Crippen molar-refractivity contribution in [2.75, 3.05) is 55.7 Å². The first-order chi connectivity index (χ1) is 18.7. The quantitative estimate of drug-likeness (QED) is 0.379. The zero-order valence-electron chi connectivity index (χ0n) is 22.7. The van der Waals surface area contributed by atoms with Crippen LogP contribution in [-0.4, -0.2) is 82.8 Å². The minimum absolute atomic E-state index is 0.0452. The van der Waals surface area contributed by atoms with Crippen molar-refractivity contribution in [3.63, 3.8) is 0 Å². The third-order valence-electron chi connectivity index (χ3n) is 9.59. The second-order valence-corrected chi connectivity index (χ2v) is 12.9. The second kappa shape index (κ2) is 9.08. The molecule has 9 nitrogen and oxygen atoms in total. The number of hydrogen-bond acceptors (Lipinski definition) is 7. The maximum absolute atomic E-state index is 12.9. The average Bonchev–Trinajstić information content (AvgIpc) is 3.54. The van der Waals surface area contributed by atoms with Gasteiger partial charge in [-0.1, -0.05) is 26.0 Å². The van der Waals surface area contributed by atoms with Crippen molar-refractivity contribution in [2.24, 2.45) is 5.41 Å². The Bertz CT molecular complexity index is 1390. The van der Waals surface area contributed by atoms with E-state index in [4.69, 9.17) is 16.3 Å². The molecule has 4 aliphatic rings. The first kappa shape index (κ1) is 25.1. The van der Waals surface area contributed by atoms with Crippen molar-refractivity contribution in [3.05, 3.63) is 47.4 Å². The summed E-state index contributed by atoms with van der Waals surface area (Å²) in [5.41, 5.74) is 3.20. The number of piperazine rings is 1. The maximum Gasteiger partial charge on any atom is 0.240 e. The monoisotopic (exact) mass is 549 g/mol. The summed E-state index contributed by atoms with van der Waals surface area (Å²) in [5, 5.41) is 4.55. The highest BCUT2D eigenvalue weighted by molar-refractivity contribution is 6.28. The van der Waals surface area contributed by atoms with Crippen molar-refractivity contribution in [1.82, 2.24) is 25.2 Å². The van der Waals surface area contributed by atoms with Crippen LogP contribution in [0, 0.1) is 5.41 Å². The van der Waals surface area contributed by atoms with E-state index >= 15 is 0 Å². The van der Waals surface area contributed by atoms with Gasteiger partial charge in [0.15, 0.2) is 0 Å². The number of fused-ring (bicyclic) bond motifs is 1. The van der Waals surface area contributed by atoms with Gasteiger partial charge in [-0.05, 0) is 66.6 Å². The summed E-state index contributed by atoms with van der Waals surface area (Å²) in [7, 11) is 0. The zero-order chi connectivity index (χ0) is 26.8. The van der Waals surface area contributed by atoms with E-state index in [0.29, 0.717) is 6.54 Å². The highest BCUT2D eigenvalue weighted by atomic mass is 35.5. The number of likely N-dealkylation sites (tertiary alicyclic amines) is 1. The molecule has 6 heterocycles. The number of nitrogens with zero attached hydrogens (tertiary/aromatic N) is 5. The van der Waals surface area contributed by atoms with Crippen molar-refractivity contribution in [1.29, 1.82) is 0 Å². The Hall–Kier alpha value is -2.88. The minimum atomic E-state index is -0.252. The molecule has 1 aromatic carbocycles. The number of anilines is 2. The van der Waals surface area contributed by atoms with Gasteiger partial charge >= 0.3 is 0 Å². The molecule has 39 heavy (non-hydrogen) atoms. The van der Waals surface area contributed by atoms with E-state index in [1.807, 2.05) is 12.3 Å². The molecular weight excluding hydrogens is 514 g/mol. The maximum atomic E-state index is 12.9. The van der Waals surface area contributed by atoms with E-state index in [1.54, 1.807) is 0 Å². The number of hydrogen-bond donors (Lipinski definition) is 2. The molecule has 1 unspecified atom stereocenters. The number of nitrogens with one attached hydrogen (secondary N) is 2. The molecule has 7 rings (SSSR count). The van der Waals surface area contributed by atoms with Gasteiger partial charge < -0.3 is 24.8 Å². The number of aromatic amines is 1. The topological polar surface area (TPSA) is 92.9 Å². The predicted octanol–water partition coefficient (Wildman–Crippen LogP) is 3.59. The highest BCUT2D eigenvalue weighted by Gasteiger charge is 2.59. The molecular formula is C29H36ClN7O2. The van der Waals surface area contributed by atoms with Gasteiger partial charge in [0.25, 0.3) is 0 Å². The van der Waals surface area contributed by atoms with Crippen LogP contribution in [0.5, 0.6) is 0 Å². The average molecular weight is 550 g/mol. The fourth-order valence-corrected chi connectivity index (χ4v) is 6.98. The molecule has 3 aromatic rings. The number of ether oxygens (including phenoxy) is 1. The van der Waals surface area contributed by atoms with Crippen molar-refractivity contribution < 1.29 is 9.53 Å². The van der Waals surface area contributed by atoms with Gasteiger partial charge in [-0.2, -0.15) is 9.97 Å². The Morgan fingerprint density at radius 3 is 2.51 bits per heavy atom. The number of H-pyrrole nitrogens is 1. The lowest BCUT2D eigenvalue weighted by Gasteiger charge is -2.48. The molecule has 1 amide bonds. The summed E-state index contributed by atoms with van der Waals surface area (Å²) in [6.45, 7) is 11.4. The van der Waals surface area contributed by atoms with E-state index in [0.717, 1.165) is 87.7 Å². The molecule has 206 valence electrons. The predicted molar refractivity (Wildman–Crippen MR) is 152 cm³/mol. The van der Waals surface area contributed by atoms with Gasteiger partial charge in [0.1, 0.15) is 17.1 Å². The molecule has 4 aliphatic heterocycles. The number of halogens is 1.